The quantitative estimate of drug-likeness (QED) is 0.684. The van der Waals surface area contributed by atoms with Gasteiger partial charge in [-0.2, -0.15) is 0 Å². The summed E-state index contributed by atoms with van der Waals surface area (Å²) in [5.74, 6) is 0.288. The second-order valence-electron chi connectivity index (χ2n) is 8.36. The molecule has 0 saturated heterocycles. The molecule has 0 aromatic carbocycles. The molecule has 0 radical (unpaired) electrons. The molecule has 3 N–H and O–H groups in total. The van der Waals surface area contributed by atoms with Crippen LogP contribution in [0.25, 0.3) is 0 Å². The highest BCUT2D eigenvalue weighted by molar-refractivity contribution is 5.69. The van der Waals surface area contributed by atoms with Gasteiger partial charge >= 0.3 is 6.09 Å². The first kappa shape index (κ1) is 14.1. The maximum Gasteiger partial charge on any atom is 0.408 e. The van der Waals surface area contributed by atoms with E-state index in [-0.39, 0.29) is 5.92 Å². The Morgan fingerprint density at radius 1 is 1.10 bits per heavy atom. The molecule has 2 unspecified atom stereocenters. The third kappa shape index (κ3) is 2.53. The molecular weight excluding hydrogens is 258 g/mol. The van der Waals surface area contributed by atoms with Gasteiger partial charge in [0.15, 0.2) is 0 Å². The number of ether oxygens (including phenoxy) is 1. The molecule has 5 heteroatoms. The fourth-order valence-corrected chi connectivity index (χ4v) is 5.00. The average Bonchev–Trinajstić information content (AvgIpc) is 2.04. The number of aliphatic hydroxyl groups is 2. The Labute approximate surface area is 119 Å². The number of amides is 1. The van der Waals surface area contributed by atoms with Crippen LogP contribution in [0.3, 0.4) is 0 Å². The van der Waals surface area contributed by atoms with E-state index in [4.69, 9.17) is 4.74 Å². The molecule has 0 spiro atoms. The van der Waals surface area contributed by atoms with Crippen LogP contribution in [-0.4, -0.2) is 38.6 Å². The van der Waals surface area contributed by atoms with Crippen molar-refractivity contribution in [3.63, 3.8) is 0 Å². The number of alkyl carbamates (subject to hydrolysis) is 1. The van der Waals surface area contributed by atoms with Crippen molar-refractivity contribution in [2.75, 3.05) is 0 Å². The smallest absolute Gasteiger partial charge is 0.408 e. The lowest BCUT2D eigenvalue weighted by molar-refractivity contribution is -0.210. The monoisotopic (exact) mass is 283 g/mol. The van der Waals surface area contributed by atoms with Gasteiger partial charge < -0.3 is 20.3 Å². The zero-order chi connectivity index (χ0) is 14.8. The second-order valence-corrected chi connectivity index (χ2v) is 8.36. The van der Waals surface area contributed by atoms with Gasteiger partial charge in [0, 0.05) is 12.0 Å². The number of nitrogens with one attached hydrogen (secondary N) is 1. The number of rotatable bonds is 1. The Morgan fingerprint density at radius 3 is 2.10 bits per heavy atom. The van der Waals surface area contributed by atoms with Crippen molar-refractivity contribution in [1.29, 1.82) is 0 Å². The summed E-state index contributed by atoms with van der Waals surface area (Å²) in [7, 11) is 0. The van der Waals surface area contributed by atoms with Gasteiger partial charge in [-0.05, 0) is 58.8 Å². The number of carbonyl (C=O) groups excluding carboxylic acids is 1. The minimum absolute atomic E-state index is 0.288. The molecule has 4 rings (SSSR count). The lowest BCUT2D eigenvalue weighted by Gasteiger charge is -2.63. The molecule has 1 amide bonds. The highest BCUT2D eigenvalue weighted by Crippen LogP contribution is 2.59. The fourth-order valence-electron chi connectivity index (χ4n) is 5.00. The summed E-state index contributed by atoms with van der Waals surface area (Å²) in [5.41, 5.74) is -2.71. The Hall–Kier alpha value is -0.810. The summed E-state index contributed by atoms with van der Waals surface area (Å²) in [6, 6.07) is 0. The summed E-state index contributed by atoms with van der Waals surface area (Å²) in [6.45, 7) is 5.48. The molecule has 4 aliphatic carbocycles. The molecule has 0 aromatic rings. The van der Waals surface area contributed by atoms with Gasteiger partial charge in [-0.3, -0.25) is 0 Å². The molecule has 4 bridgehead atoms. The minimum Gasteiger partial charge on any atom is -0.444 e. The highest BCUT2D eigenvalue weighted by Gasteiger charge is 2.63. The lowest BCUT2D eigenvalue weighted by atomic mass is 9.49. The minimum atomic E-state index is -0.830. The number of hydrogen-bond acceptors (Lipinski definition) is 4. The van der Waals surface area contributed by atoms with E-state index in [2.05, 4.69) is 5.32 Å². The van der Waals surface area contributed by atoms with Crippen molar-refractivity contribution in [2.24, 2.45) is 5.92 Å². The highest BCUT2D eigenvalue weighted by atomic mass is 16.6. The van der Waals surface area contributed by atoms with Crippen molar-refractivity contribution in [3.05, 3.63) is 0 Å². The van der Waals surface area contributed by atoms with E-state index in [9.17, 15) is 15.0 Å². The van der Waals surface area contributed by atoms with Gasteiger partial charge in [0.25, 0.3) is 0 Å². The Balaban J connectivity index is 1.77. The maximum absolute atomic E-state index is 12.1. The summed E-state index contributed by atoms with van der Waals surface area (Å²) in [5, 5.41) is 24.2. The van der Waals surface area contributed by atoms with E-state index < -0.39 is 28.4 Å². The zero-order valence-corrected chi connectivity index (χ0v) is 12.5. The first-order valence-corrected chi connectivity index (χ1v) is 7.47. The molecule has 4 fully saturated rings. The summed E-state index contributed by atoms with van der Waals surface area (Å²) < 4.78 is 5.33. The van der Waals surface area contributed by atoms with Crippen LogP contribution in [0.4, 0.5) is 4.79 Å². The Bertz CT molecular complexity index is 424. The number of carbonyl (C=O) groups is 1. The van der Waals surface area contributed by atoms with Gasteiger partial charge in [0.2, 0.25) is 0 Å². The van der Waals surface area contributed by atoms with Crippen molar-refractivity contribution in [2.45, 2.75) is 81.6 Å². The van der Waals surface area contributed by atoms with Crippen LogP contribution in [0.5, 0.6) is 0 Å². The van der Waals surface area contributed by atoms with E-state index in [0.29, 0.717) is 19.3 Å². The third-order valence-corrected chi connectivity index (χ3v) is 4.78. The molecule has 5 nitrogen and oxygen atoms in total. The van der Waals surface area contributed by atoms with E-state index in [0.717, 1.165) is 19.3 Å². The van der Waals surface area contributed by atoms with Crippen LogP contribution in [0, 0.1) is 5.92 Å². The summed E-state index contributed by atoms with van der Waals surface area (Å²) in [4.78, 5) is 12.1. The third-order valence-electron chi connectivity index (χ3n) is 4.78. The molecule has 114 valence electrons. The average molecular weight is 283 g/mol. The van der Waals surface area contributed by atoms with Crippen molar-refractivity contribution in [3.8, 4) is 0 Å². The fraction of sp³-hybridized carbons (Fsp3) is 0.933. The Kier molecular flexibility index (Phi) is 2.75. The summed E-state index contributed by atoms with van der Waals surface area (Å²) in [6.07, 6.45) is 3.35. The normalized spacial score (nSPS) is 46.4. The second kappa shape index (κ2) is 3.89. The van der Waals surface area contributed by atoms with E-state index in [1.54, 1.807) is 0 Å². The van der Waals surface area contributed by atoms with Crippen LogP contribution < -0.4 is 5.32 Å². The van der Waals surface area contributed by atoms with Crippen LogP contribution in [0.2, 0.25) is 0 Å². The predicted molar refractivity (Wildman–Crippen MR) is 73.2 cm³/mol. The lowest BCUT2D eigenvalue weighted by Crippen LogP contribution is -2.70. The first-order valence-electron chi connectivity index (χ1n) is 7.47. The molecule has 4 saturated carbocycles. The summed E-state index contributed by atoms with van der Waals surface area (Å²) >= 11 is 0. The molecule has 20 heavy (non-hydrogen) atoms. The first-order chi connectivity index (χ1) is 9.01. The topological polar surface area (TPSA) is 78.8 Å². The van der Waals surface area contributed by atoms with Gasteiger partial charge in [-0.1, -0.05) is 0 Å². The largest absolute Gasteiger partial charge is 0.444 e. The Morgan fingerprint density at radius 2 is 1.65 bits per heavy atom. The molecule has 4 atom stereocenters. The predicted octanol–water partition coefficient (Wildman–Crippen LogP) is 1.71. The molecule has 0 aliphatic heterocycles. The van der Waals surface area contributed by atoms with Crippen molar-refractivity contribution in [1.82, 2.24) is 5.32 Å². The van der Waals surface area contributed by atoms with Gasteiger partial charge in [-0.25, -0.2) is 4.79 Å². The van der Waals surface area contributed by atoms with E-state index in [1.165, 1.54) is 0 Å². The molecule has 0 heterocycles. The standard InChI is InChI=1S/C15H25NO4/c1-12(2,3)20-11(17)16-13-4-10-5-14(18,7-13)9-15(19,6-10)8-13/h10,18-19H,4-9H2,1-3H3,(H,16,17)/t10?,13?,14-,15+. The van der Waals surface area contributed by atoms with Crippen LogP contribution >= 0.6 is 0 Å². The molecular formula is C15H25NO4. The van der Waals surface area contributed by atoms with Crippen molar-refractivity contribution < 1.29 is 19.7 Å². The van der Waals surface area contributed by atoms with Gasteiger partial charge in [-0.15, -0.1) is 0 Å². The SMILES string of the molecule is CC(C)(C)OC(=O)NC12CC3C[C@@](O)(C1)C[C@](O)(C3)C2. The van der Waals surface area contributed by atoms with E-state index in [1.807, 2.05) is 20.8 Å². The zero-order valence-electron chi connectivity index (χ0n) is 12.5. The van der Waals surface area contributed by atoms with Crippen LogP contribution in [-0.2, 0) is 4.74 Å². The van der Waals surface area contributed by atoms with Crippen LogP contribution in [0.15, 0.2) is 0 Å². The van der Waals surface area contributed by atoms with E-state index >= 15 is 0 Å². The van der Waals surface area contributed by atoms with Crippen LogP contribution in [0.1, 0.15) is 59.3 Å². The maximum atomic E-state index is 12.1. The van der Waals surface area contributed by atoms with Gasteiger partial charge in [0.05, 0.1) is 11.2 Å². The molecule has 0 aromatic heterocycles. The van der Waals surface area contributed by atoms with Crippen molar-refractivity contribution >= 4 is 6.09 Å². The molecule has 4 aliphatic rings. The van der Waals surface area contributed by atoms with Gasteiger partial charge in [0.1, 0.15) is 5.60 Å². The number of hydrogen-bond donors (Lipinski definition) is 3.